The lowest BCUT2D eigenvalue weighted by molar-refractivity contribution is 0.474. The van der Waals surface area contributed by atoms with Gasteiger partial charge in [-0.3, -0.25) is 10.5 Å². The van der Waals surface area contributed by atoms with Crippen LogP contribution in [-0.4, -0.2) is 9.78 Å². The summed E-state index contributed by atoms with van der Waals surface area (Å²) in [4.78, 5) is 0. The molecule has 0 amide bonds. The molecule has 0 aliphatic rings. The second-order valence-electron chi connectivity index (χ2n) is 5.02. The molecule has 20 heavy (non-hydrogen) atoms. The topological polar surface area (TPSA) is 55.9 Å². The van der Waals surface area contributed by atoms with Gasteiger partial charge in [0.1, 0.15) is 0 Å². The highest BCUT2D eigenvalue weighted by Crippen LogP contribution is 2.32. The van der Waals surface area contributed by atoms with Gasteiger partial charge in [-0.15, -0.1) is 0 Å². The Morgan fingerprint density at radius 2 is 2.10 bits per heavy atom. The first-order valence-electron chi connectivity index (χ1n) is 6.40. The zero-order valence-electron chi connectivity index (χ0n) is 11.7. The third-order valence-electron chi connectivity index (χ3n) is 3.26. The average Bonchev–Trinajstić information content (AvgIpc) is 2.75. The number of hydrogen-bond donors (Lipinski definition) is 2. The molecule has 1 aromatic carbocycles. The molecular formula is C14H18BrClN4. The molecule has 1 heterocycles. The summed E-state index contributed by atoms with van der Waals surface area (Å²) in [6, 6.07) is 5.90. The maximum Gasteiger partial charge on any atom is 0.0892 e. The fourth-order valence-corrected chi connectivity index (χ4v) is 3.04. The molecule has 1 atom stereocenters. The van der Waals surface area contributed by atoms with Crippen molar-refractivity contribution in [2.75, 3.05) is 0 Å². The molecule has 3 N–H and O–H groups in total. The van der Waals surface area contributed by atoms with E-state index in [1.54, 1.807) is 6.20 Å². The molecular weight excluding hydrogens is 340 g/mol. The molecule has 4 nitrogen and oxygen atoms in total. The third-order valence-corrected chi connectivity index (χ3v) is 4.11. The summed E-state index contributed by atoms with van der Waals surface area (Å²) < 4.78 is 2.89. The molecule has 1 aromatic heterocycles. The van der Waals surface area contributed by atoms with Gasteiger partial charge >= 0.3 is 0 Å². The van der Waals surface area contributed by atoms with Crippen molar-refractivity contribution in [3.05, 3.63) is 50.7 Å². The van der Waals surface area contributed by atoms with Crippen molar-refractivity contribution in [1.29, 1.82) is 0 Å². The Kier molecular flexibility index (Phi) is 4.86. The lowest BCUT2D eigenvalue weighted by Crippen LogP contribution is -2.31. The fraction of sp³-hybridized carbons (Fsp3) is 0.357. The summed E-state index contributed by atoms with van der Waals surface area (Å²) in [5.41, 5.74) is 6.06. The number of hydrogen-bond acceptors (Lipinski definition) is 3. The molecule has 0 fully saturated rings. The highest BCUT2D eigenvalue weighted by molar-refractivity contribution is 9.10. The molecule has 0 saturated carbocycles. The van der Waals surface area contributed by atoms with Crippen molar-refractivity contribution in [3.63, 3.8) is 0 Å². The smallest absolute Gasteiger partial charge is 0.0892 e. The van der Waals surface area contributed by atoms with Crippen molar-refractivity contribution in [2.45, 2.75) is 32.9 Å². The van der Waals surface area contributed by atoms with E-state index < -0.39 is 0 Å². The number of halogens is 2. The van der Waals surface area contributed by atoms with E-state index in [2.05, 4.69) is 40.3 Å². The lowest BCUT2D eigenvalue weighted by Gasteiger charge is -2.22. The standard InChI is InChI=1S/C14H18BrClN4/c1-8(2)20-14(12(15)7-18-20)13(19-17)11-5-4-10(16)6-9(11)3/h4-8,13,19H,17H2,1-3H3. The molecule has 2 rings (SSSR count). The highest BCUT2D eigenvalue weighted by atomic mass is 79.9. The quantitative estimate of drug-likeness (QED) is 0.647. The van der Waals surface area contributed by atoms with Crippen LogP contribution in [0.4, 0.5) is 0 Å². The molecule has 0 aliphatic carbocycles. The van der Waals surface area contributed by atoms with Crippen LogP contribution in [0.3, 0.4) is 0 Å². The van der Waals surface area contributed by atoms with E-state index in [-0.39, 0.29) is 12.1 Å². The molecule has 0 aliphatic heterocycles. The van der Waals surface area contributed by atoms with Gasteiger partial charge < -0.3 is 0 Å². The molecule has 0 spiro atoms. The number of aryl methyl sites for hydroxylation is 1. The fourth-order valence-electron chi connectivity index (χ4n) is 2.31. The first kappa shape index (κ1) is 15.5. The number of nitrogens with zero attached hydrogens (tertiary/aromatic N) is 2. The van der Waals surface area contributed by atoms with E-state index in [0.717, 1.165) is 26.3 Å². The maximum atomic E-state index is 6.02. The van der Waals surface area contributed by atoms with Crippen LogP contribution in [-0.2, 0) is 0 Å². The lowest BCUT2D eigenvalue weighted by atomic mass is 9.99. The summed E-state index contributed by atoms with van der Waals surface area (Å²) in [6.07, 6.45) is 1.80. The van der Waals surface area contributed by atoms with Crippen molar-refractivity contribution in [3.8, 4) is 0 Å². The van der Waals surface area contributed by atoms with Crippen LogP contribution < -0.4 is 11.3 Å². The van der Waals surface area contributed by atoms with Crippen LogP contribution in [0.2, 0.25) is 5.02 Å². The normalized spacial score (nSPS) is 12.9. The first-order valence-corrected chi connectivity index (χ1v) is 7.58. The van der Waals surface area contributed by atoms with Gasteiger partial charge in [0.15, 0.2) is 0 Å². The Morgan fingerprint density at radius 3 is 2.65 bits per heavy atom. The minimum absolute atomic E-state index is 0.147. The number of hydrazine groups is 1. The van der Waals surface area contributed by atoms with Crippen LogP contribution in [0.1, 0.15) is 42.8 Å². The van der Waals surface area contributed by atoms with Gasteiger partial charge in [-0.05, 0) is 60.0 Å². The Balaban J connectivity index is 2.55. The first-order chi connectivity index (χ1) is 9.45. The summed E-state index contributed by atoms with van der Waals surface area (Å²) in [5, 5.41) is 5.13. The van der Waals surface area contributed by atoms with Crippen LogP contribution >= 0.6 is 27.5 Å². The maximum absolute atomic E-state index is 6.02. The second-order valence-corrected chi connectivity index (χ2v) is 6.31. The van der Waals surface area contributed by atoms with Crippen molar-refractivity contribution in [2.24, 2.45) is 5.84 Å². The number of aromatic nitrogens is 2. The molecule has 0 saturated heterocycles. The predicted molar refractivity (Wildman–Crippen MR) is 85.7 cm³/mol. The van der Waals surface area contributed by atoms with Gasteiger partial charge in [0.2, 0.25) is 0 Å². The Labute approximate surface area is 132 Å². The van der Waals surface area contributed by atoms with Gasteiger partial charge in [0.25, 0.3) is 0 Å². The minimum atomic E-state index is -0.147. The molecule has 2 aromatic rings. The largest absolute Gasteiger partial charge is 0.271 e. The van der Waals surface area contributed by atoms with Crippen LogP contribution in [0.15, 0.2) is 28.9 Å². The number of rotatable bonds is 4. The monoisotopic (exact) mass is 356 g/mol. The van der Waals surface area contributed by atoms with E-state index in [1.807, 2.05) is 29.8 Å². The molecule has 1 unspecified atom stereocenters. The zero-order chi connectivity index (χ0) is 14.9. The average molecular weight is 358 g/mol. The minimum Gasteiger partial charge on any atom is -0.271 e. The van der Waals surface area contributed by atoms with Crippen molar-refractivity contribution >= 4 is 27.5 Å². The summed E-state index contributed by atoms with van der Waals surface area (Å²) >= 11 is 9.58. The van der Waals surface area contributed by atoms with Gasteiger partial charge in [0, 0.05) is 11.1 Å². The third kappa shape index (κ3) is 2.91. The van der Waals surface area contributed by atoms with Gasteiger partial charge in [0.05, 0.1) is 22.4 Å². The van der Waals surface area contributed by atoms with E-state index in [4.69, 9.17) is 17.4 Å². The second kappa shape index (κ2) is 6.26. The van der Waals surface area contributed by atoms with E-state index in [9.17, 15) is 0 Å². The predicted octanol–water partition coefficient (Wildman–Crippen LogP) is 3.74. The molecule has 0 radical (unpaired) electrons. The Morgan fingerprint density at radius 1 is 1.40 bits per heavy atom. The summed E-state index contributed by atoms with van der Waals surface area (Å²) in [6.45, 7) is 6.20. The van der Waals surface area contributed by atoms with Crippen LogP contribution in [0.25, 0.3) is 0 Å². The van der Waals surface area contributed by atoms with Crippen molar-refractivity contribution in [1.82, 2.24) is 15.2 Å². The molecule has 0 bridgehead atoms. The SMILES string of the molecule is Cc1cc(Cl)ccc1C(NN)c1c(Br)cnn1C(C)C. The number of nitrogens with two attached hydrogens (primary N) is 1. The van der Waals surface area contributed by atoms with Crippen LogP contribution in [0.5, 0.6) is 0 Å². The summed E-state index contributed by atoms with van der Waals surface area (Å²) in [7, 11) is 0. The number of nitrogens with one attached hydrogen (secondary N) is 1. The van der Waals surface area contributed by atoms with Crippen molar-refractivity contribution < 1.29 is 0 Å². The Hall–Kier alpha value is -0.880. The van der Waals surface area contributed by atoms with Gasteiger partial charge in [-0.1, -0.05) is 17.7 Å². The van der Waals surface area contributed by atoms with Gasteiger partial charge in [-0.25, -0.2) is 5.43 Å². The van der Waals surface area contributed by atoms with Crippen LogP contribution in [0, 0.1) is 6.92 Å². The zero-order valence-corrected chi connectivity index (χ0v) is 14.0. The van der Waals surface area contributed by atoms with E-state index in [0.29, 0.717) is 0 Å². The van der Waals surface area contributed by atoms with Gasteiger partial charge in [-0.2, -0.15) is 5.10 Å². The number of benzene rings is 1. The van der Waals surface area contributed by atoms with E-state index >= 15 is 0 Å². The van der Waals surface area contributed by atoms with E-state index in [1.165, 1.54) is 0 Å². The molecule has 6 heteroatoms. The highest BCUT2D eigenvalue weighted by Gasteiger charge is 2.23. The summed E-state index contributed by atoms with van der Waals surface area (Å²) in [5.74, 6) is 5.80. The molecule has 108 valence electrons. The Bertz CT molecular complexity index is 609.